The number of rotatable bonds is 7. The van der Waals surface area contributed by atoms with Crippen molar-refractivity contribution in [2.75, 3.05) is 11.5 Å². The summed E-state index contributed by atoms with van der Waals surface area (Å²) in [5.41, 5.74) is 1.37. The fourth-order valence-corrected chi connectivity index (χ4v) is 2.20. The molecule has 0 aliphatic rings. The third kappa shape index (κ3) is 5.85. The van der Waals surface area contributed by atoms with E-state index in [0.29, 0.717) is 6.04 Å². The van der Waals surface area contributed by atoms with Crippen LogP contribution in [0.5, 0.6) is 0 Å². The van der Waals surface area contributed by atoms with E-state index < -0.39 is 0 Å². The Bertz CT molecular complexity index is 248. The molecule has 0 fully saturated rings. The standard InChI is InChI=1S/C13H21NS/c1-3-15-10-9-12(2)14-11-13-7-5-4-6-8-13/h4-8,12,14H,3,9-11H2,1-2H3. The van der Waals surface area contributed by atoms with Gasteiger partial charge in [-0.3, -0.25) is 0 Å². The van der Waals surface area contributed by atoms with Crippen LogP contribution in [0, 0.1) is 0 Å². The van der Waals surface area contributed by atoms with Crippen molar-refractivity contribution < 1.29 is 0 Å². The zero-order valence-corrected chi connectivity index (χ0v) is 10.5. The number of hydrogen-bond acceptors (Lipinski definition) is 2. The molecule has 1 aromatic rings. The van der Waals surface area contributed by atoms with E-state index in [1.807, 2.05) is 11.8 Å². The average molecular weight is 223 g/mol. The van der Waals surface area contributed by atoms with Crippen LogP contribution < -0.4 is 5.32 Å². The lowest BCUT2D eigenvalue weighted by Gasteiger charge is -2.13. The minimum Gasteiger partial charge on any atom is -0.310 e. The fraction of sp³-hybridized carbons (Fsp3) is 0.538. The molecule has 0 saturated heterocycles. The fourth-order valence-electron chi connectivity index (χ4n) is 1.39. The molecule has 0 bridgehead atoms. The van der Waals surface area contributed by atoms with Crippen LogP contribution in [0.25, 0.3) is 0 Å². The summed E-state index contributed by atoms with van der Waals surface area (Å²) in [5, 5.41) is 3.54. The van der Waals surface area contributed by atoms with Crippen LogP contribution >= 0.6 is 11.8 Å². The van der Waals surface area contributed by atoms with Crippen LogP contribution in [0.2, 0.25) is 0 Å². The SMILES string of the molecule is CCSCCC(C)NCc1ccccc1. The van der Waals surface area contributed by atoms with Gasteiger partial charge in [-0.05, 0) is 30.4 Å². The van der Waals surface area contributed by atoms with Gasteiger partial charge >= 0.3 is 0 Å². The normalized spacial score (nSPS) is 12.7. The summed E-state index contributed by atoms with van der Waals surface area (Å²) < 4.78 is 0. The first kappa shape index (κ1) is 12.6. The third-order valence-electron chi connectivity index (χ3n) is 2.40. The zero-order valence-electron chi connectivity index (χ0n) is 9.70. The molecule has 1 nitrogen and oxygen atoms in total. The van der Waals surface area contributed by atoms with Crippen LogP contribution in [0.1, 0.15) is 25.8 Å². The number of benzene rings is 1. The molecule has 1 atom stereocenters. The van der Waals surface area contributed by atoms with Gasteiger partial charge in [-0.15, -0.1) is 0 Å². The van der Waals surface area contributed by atoms with Crippen molar-refractivity contribution in [1.29, 1.82) is 0 Å². The first-order valence-electron chi connectivity index (χ1n) is 5.68. The molecular weight excluding hydrogens is 202 g/mol. The van der Waals surface area contributed by atoms with Gasteiger partial charge < -0.3 is 5.32 Å². The van der Waals surface area contributed by atoms with Crippen molar-refractivity contribution in [3.05, 3.63) is 35.9 Å². The second-order valence-electron chi connectivity index (χ2n) is 3.75. The molecule has 1 aromatic carbocycles. The monoisotopic (exact) mass is 223 g/mol. The second kappa shape index (κ2) is 7.77. The van der Waals surface area contributed by atoms with E-state index in [9.17, 15) is 0 Å². The van der Waals surface area contributed by atoms with E-state index in [1.165, 1.54) is 23.5 Å². The Labute approximate surface area is 97.7 Å². The number of thioether (sulfide) groups is 1. The quantitative estimate of drug-likeness (QED) is 0.712. The van der Waals surface area contributed by atoms with Crippen LogP contribution in [0.4, 0.5) is 0 Å². The van der Waals surface area contributed by atoms with Crippen molar-refractivity contribution in [1.82, 2.24) is 5.32 Å². The van der Waals surface area contributed by atoms with Gasteiger partial charge in [-0.2, -0.15) is 11.8 Å². The van der Waals surface area contributed by atoms with E-state index in [2.05, 4.69) is 49.5 Å². The molecule has 0 heterocycles. The van der Waals surface area contributed by atoms with Crippen molar-refractivity contribution in [3.63, 3.8) is 0 Å². The van der Waals surface area contributed by atoms with Crippen LogP contribution in [-0.2, 0) is 6.54 Å². The molecule has 15 heavy (non-hydrogen) atoms. The van der Waals surface area contributed by atoms with Crippen LogP contribution in [0.3, 0.4) is 0 Å². The first-order valence-corrected chi connectivity index (χ1v) is 6.83. The van der Waals surface area contributed by atoms with Crippen molar-refractivity contribution >= 4 is 11.8 Å². The minimum atomic E-state index is 0.615. The topological polar surface area (TPSA) is 12.0 Å². The lowest BCUT2D eigenvalue weighted by Crippen LogP contribution is -2.25. The second-order valence-corrected chi connectivity index (χ2v) is 5.15. The molecule has 0 saturated carbocycles. The predicted octanol–water partition coefficient (Wildman–Crippen LogP) is 3.31. The van der Waals surface area contributed by atoms with Gasteiger partial charge in [0.05, 0.1) is 0 Å². The van der Waals surface area contributed by atoms with E-state index in [1.54, 1.807) is 0 Å². The van der Waals surface area contributed by atoms with Crippen molar-refractivity contribution in [3.8, 4) is 0 Å². The highest BCUT2D eigenvalue weighted by atomic mass is 32.2. The van der Waals surface area contributed by atoms with Crippen LogP contribution in [0.15, 0.2) is 30.3 Å². The maximum atomic E-state index is 3.54. The van der Waals surface area contributed by atoms with Crippen molar-refractivity contribution in [2.45, 2.75) is 32.9 Å². The largest absolute Gasteiger partial charge is 0.310 e. The lowest BCUT2D eigenvalue weighted by molar-refractivity contribution is 0.537. The highest BCUT2D eigenvalue weighted by Crippen LogP contribution is 2.05. The van der Waals surface area contributed by atoms with Gasteiger partial charge in [0, 0.05) is 12.6 Å². The molecule has 1 N–H and O–H groups in total. The van der Waals surface area contributed by atoms with Gasteiger partial charge in [0.25, 0.3) is 0 Å². The van der Waals surface area contributed by atoms with Crippen molar-refractivity contribution in [2.24, 2.45) is 0 Å². The summed E-state index contributed by atoms with van der Waals surface area (Å²) in [4.78, 5) is 0. The summed E-state index contributed by atoms with van der Waals surface area (Å²) in [7, 11) is 0. The number of hydrogen-bond donors (Lipinski definition) is 1. The molecule has 0 spiro atoms. The Kier molecular flexibility index (Phi) is 6.53. The van der Waals surface area contributed by atoms with Gasteiger partial charge in [0.15, 0.2) is 0 Å². The predicted molar refractivity (Wildman–Crippen MR) is 70.4 cm³/mol. The van der Waals surface area contributed by atoms with E-state index >= 15 is 0 Å². The van der Waals surface area contributed by atoms with Gasteiger partial charge in [0.2, 0.25) is 0 Å². The average Bonchev–Trinajstić information content (AvgIpc) is 2.28. The summed E-state index contributed by atoms with van der Waals surface area (Å²) in [6, 6.07) is 11.2. The molecular formula is C13H21NS. The molecule has 0 aliphatic carbocycles. The first-order chi connectivity index (χ1) is 7.33. The molecule has 0 radical (unpaired) electrons. The van der Waals surface area contributed by atoms with E-state index in [-0.39, 0.29) is 0 Å². The smallest absolute Gasteiger partial charge is 0.0207 e. The Morgan fingerprint density at radius 2 is 2.00 bits per heavy atom. The Morgan fingerprint density at radius 3 is 2.67 bits per heavy atom. The van der Waals surface area contributed by atoms with Gasteiger partial charge in [-0.25, -0.2) is 0 Å². The van der Waals surface area contributed by atoms with E-state index in [0.717, 1.165) is 6.54 Å². The summed E-state index contributed by atoms with van der Waals surface area (Å²) >= 11 is 2.02. The van der Waals surface area contributed by atoms with Gasteiger partial charge in [-0.1, -0.05) is 37.3 Å². The molecule has 2 heteroatoms. The third-order valence-corrected chi connectivity index (χ3v) is 3.33. The minimum absolute atomic E-state index is 0.615. The van der Waals surface area contributed by atoms with Crippen LogP contribution in [-0.4, -0.2) is 17.5 Å². The Balaban J connectivity index is 2.14. The molecule has 84 valence electrons. The zero-order chi connectivity index (χ0) is 10.9. The highest BCUT2D eigenvalue weighted by Gasteiger charge is 2.00. The van der Waals surface area contributed by atoms with Gasteiger partial charge in [0.1, 0.15) is 0 Å². The Hall–Kier alpha value is -0.470. The van der Waals surface area contributed by atoms with E-state index in [4.69, 9.17) is 0 Å². The molecule has 1 rings (SSSR count). The molecule has 0 aliphatic heterocycles. The maximum Gasteiger partial charge on any atom is 0.0207 e. The lowest BCUT2D eigenvalue weighted by atomic mass is 10.2. The summed E-state index contributed by atoms with van der Waals surface area (Å²) in [6.07, 6.45) is 1.26. The molecule has 1 unspecified atom stereocenters. The Morgan fingerprint density at radius 1 is 1.27 bits per heavy atom. The number of nitrogens with one attached hydrogen (secondary N) is 1. The maximum absolute atomic E-state index is 3.54. The summed E-state index contributed by atoms with van der Waals surface area (Å²) in [5.74, 6) is 2.49. The molecule has 0 aromatic heterocycles. The summed E-state index contributed by atoms with van der Waals surface area (Å²) in [6.45, 7) is 5.46. The highest BCUT2D eigenvalue weighted by molar-refractivity contribution is 7.99. The molecule has 0 amide bonds.